The van der Waals surface area contributed by atoms with E-state index >= 15 is 0 Å². The summed E-state index contributed by atoms with van der Waals surface area (Å²) in [5.74, 6) is 0.0725. The Labute approximate surface area is 158 Å². The maximum Gasteiger partial charge on any atom is 0.226 e. The first-order valence-electron chi connectivity index (χ1n) is 8.67. The number of nitrogens with zero attached hydrogens (tertiary/aromatic N) is 3. The van der Waals surface area contributed by atoms with Gasteiger partial charge in [-0.2, -0.15) is 5.10 Å². The molecule has 3 aromatic rings. The summed E-state index contributed by atoms with van der Waals surface area (Å²) in [6.45, 7) is 3.15. The number of carbonyl (C=O) groups is 1. The summed E-state index contributed by atoms with van der Waals surface area (Å²) < 4.78 is 1.89. The van der Waals surface area contributed by atoms with Crippen LogP contribution in [-0.4, -0.2) is 41.2 Å². The highest BCUT2D eigenvalue weighted by Gasteiger charge is 2.20. The molecule has 2 heterocycles. The van der Waals surface area contributed by atoms with Crippen LogP contribution in [0.15, 0.2) is 54.0 Å². The first-order chi connectivity index (χ1) is 12.6. The number of rotatable bonds is 7. The molecule has 2 aromatic heterocycles. The molecule has 1 aromatic carbocycles. The molecule has 0 aliphatic rings. The number of carbonyl (C=O) groups excluding carboxylic acids is 1. The van der Waals surface area contributed by atoms with Crippen LogP contribution in [0.1, 0.15) is 12.5 Å². The highest BCUT2D eigenvalue weighted by atomic mass is 32.1. The Balaban J connectivity index is 1.90. The summed E-state index contributed by atoms with van der Waals surface area (Å²) in [5.41, 5.74) is 2.99. The Bertz CT molecular complexity index is 842. The monoisotopic (exact) mass is 368 g/mol. The summed E-state index contributed by atoms with van der Waals surface area (Å²) in [4.78, 5) is 15.5. The molecular weight excluding hydrogens is 344 g/mol. The molecule has 0 saturated heterocycles. The van der Waals surface area contributed by atoms with Crippen molar-refractivity contribution in [2.45, 2.75) is 13.5 Å². The van der Waals surface area contributed by atoms with E-state index < -0.39 is 0 Å². The highest BCUT2D eigenvalue weighted by Crippen LogP contribution is 2.28. The third kappa shape index (κ3) is 4.03. The molecule has 5 nitrogen and oxygen atoms in total. The summed E-state index contributed by atoms with van der Waals surface area (Å²) >= 11 is 1.66. The molecule has 1 amide bonds. The van der Waals surface area contributed by atoms with E-state index in [9.17, 15) is 4.79 Å². The summed E-state index contributed by atoms with van der Waals surface area (Å²) in [6.07, 6.45) is 2.02. The van der Waals surface area contributed by atoms with Gasteiger partial charge in [0.25, 0.3) is 0 Å². The maximum absolute atomic E-state index is 12.6. The van der Waals surface area contributed by atoms with E-state index in [2.05, 4.69) is 11.4 Å². The van der Waals surface area contributed by atoms with Gasteiger partial charge in [0, 0.05) is 37.8 Å². The maximum atomic E-state index is 12.6. The van der Waals surface area contributed by atoms with E-state index in [-0.39, 0.29) is 11.8 Å². The Hall–Kier alpha value is -2.44. The van der Waals surface area contributed by atoms with Gasteiger partial charge in [-0.05, 0) is 30.6 Å². The molecular formula is C20H24N4OS. The number of thiophene rings is 1. The Morgan fingerprint density at radius 3 is 2.69 bits per heavy atom. The summed E-state index contributed by atoms with van der Waals surface area (Å²) in [5, 5.41) is 9.90. The molecule has 0 spiro atoms. The Morgan fingerprint density at radius 2 is 2.04 bits per heavy atom. The van der Waals surface area contributed by atoms with Crippen molar-refractivity contribution in [1.29, 1.82) is 0 Å². The Morgan fingerprint density at radius 1 is 1.27 bits per heavy atom. The number of hydrogen-bond acceptors (Lipinski definition) is 4. The van der Waals surface area contributed by atoms with Gasteiger partial charge in [0.05, 0.1) is 10.6 Å². The first kappa shape index (κ1) is 18.4. The first-order valence-corrected chi connectivity index (χ1v) is 9.55. The van der Waals surface area contributed by atoms with Gasteiger partial charge < -0.3 is 10.2 Å². The number of amides is 1. The van der Waals surface area contributed by atoms with E-state index in [0.717, 1.165) is 21.8 Å². The minimum Gasteiger partial charge on any atom is -0.341 e. The van der Waals surface area contributed by atoms with Crippen molar-refractivity contribution >= 4 is 17.2 Å². The van der Waals surface area contributed by atoms with Crippen LogP contribution in [0.4, 0.5) is 0 Å². The number of benzene rings is 1. The molecule has 3 rings (SSSR count). The fourth-order valence-electron chi connectivity index (χ4n) is 2.96. The molecule has 0 saturated carbocycles. The third-order valence-electron chi connectivity index (χ3n) is 4.28. The zero-order chi connectivity index (χ0) is 18.5. The van der Waals surface area contributed by atoms with Gasteiger partial charge in [0.1, 0.15) is 5.69 Å². The van der Waals surface area contributed by atoms with Crippen LogP contribution in [0.5, 0.6) is 0 Å². The van der Waals surface area contributed by atoms with Gasteiger partial charge in [0.2, 0.25) is 5.91 Å². The van der Waals surface area contributed by atoms with Gasteiger partial charge in [-0.15, -0.1) is 11.3 Å². The van der Waals surface area contributed by atoms with Crippen LogP contribution >= 0.6 is 11.3 Å². The summed E-state index contributed by atoms with van der Waals surface area (Å²) in [7, 11) is 3.72. The van der Waals surface area contributed by atoms with Gasteiger partial charge >= 0.3 is 0 Å². The molecule has 6 heteroatoms. The van der Waals surface area contributed by atoms with Crippen molar-refractivity contribution in [3.63, 3.8) is 0 Å². The molecule has 136 valence electrons. The van der Waals surface area contributed by atoms with Crippen molar-refractivity contribution < 1.29 is 4.79 Å². The minimum absolute atomic E-state index is 0.0562. The molecule has 0 bridgehead atoms. The van der Waals surface area contributed by atoms with Gasteiger partial charge in [-0.1, -0.05) is 31.2 Å². The zero-order valence-corrected chi connectivity index (χ0v) is 16.2. The topological polar surface area (TPSA) is 50.2 Å². The lowest BCUT2D eigenvalue weighted by Gasteiger charge is -2.21. The fraction of sp³-hybridized carbons (Fsp3) is 0.300. The predicted octanol–water partition coefficient (Wildman–Crippen LogP) is 3.41. The number of aromatic nitrogens is 2. The lowest BCUT2D eigenvalue weighted by molar-refractivity contribution is -0.134. The van der Waals surface area contributed by atoms with Gasteiger partial charge in [-0.3, -0.25) is 4.79 Å². The summed E-state index contributed by atoms with van der Waals surface area (Å²) in [6, 6.07) is 14.1. The highest BCUT2D eigenvalue weighted by molar-refractivity contribution is 7.13. The lowest BCUT2D eigenvalue weighted by Crippen LogP contribution is -2.35. The standard InChI is InChI=1S/C20H24N4OS/c1-15(12-21-2)20(25)23(3)13-16-14-24(17-8-5-4-6-9-17)22-19(16)18-10-7-11-26-18/h4-11,14-15,21H,12-13H2,1-3H3. The van der Waals surface area contributed by atoms with Crippen molar-refractivity contribution in [3.8, 4) is 16.3 Å². The Kier molecular flexibility index (Phi) is 5.85. The quantitative estimate of drug-likeness (QED) is 0.695. The van der Waals surface area contributed by atoms with E-state index in [1.54, 1.807) is 16.2 Å². The molecule has 0 radical (unpaired) electrons. The van der Waals surface area contributed by atoms with Crippen LogP contribution in [0.25, 0.3) is 16.3 Å². The molecule has 0 aliphatic heterocycles. The van der Waals surface area contributed by atoms with Gasteiger partial charge in [0.15, 0.2) is 0 Å². The van der Waals surface area contributed by atoms with E-state index in [4.69, 9.17) is 5.10 Å². The van der Waals surface area contributed by atoms with Crippen molar-refractivity contribution in [1.82, 2.24) is 20.0 Å². The SMILES string of the molecule is CNCC(C)C(=O)N(C)Cc1cn(-c2ccccc2)nc1-c1cccs1. The predicted molar refractivity (Wildman–Crippen MR) is 106 cm³/mol. The molecule has 1 N–H and O–H groups in total. The number of nitrogens with one attached hydrogen (secondary N) is 1. The second kappa shape index (κ2) is 8.29. The van der Waals surface area contributed by atoms with Crippen LogP contribution in [0, 0.1) is 5.92 Å². The van der Waals surface area contributed by atoms with Crippen molar-refractivity contribution in [2.24, 2.45) is 5.92 Å². The van der Waals surface area contributed by atoms with E-state index in [1.807, 2.05) is 73.7 Å². The molecule has 0 aliphatic carbocycles. The smallest absolute Gasteiger partial charge is 0.226 e. The van der Waals surface area contributed by atoms with Crippen LogP contribution in [0.3, 0.4) is 0 Å². The molecule has 1 atom stereocenters. The number of para-hydroxylation sites is 1. The second-order valence-electron chi connectivity index (χ2n) is 6.41. The van der Waals surface area contributed by atoms with E-state index in [1.165, 1.54) is 0 Å². The number of hydrogen-bond donors (Lipinski definition) is 1. The second-order valence-corrected chi connectivity index (χ2v) is 7.36. The van der Waals surface area contributed by atoms with Crippen LogP contribution < -0.4 is 5.32 Å². The normalized spacial score (nSPS) is 12.1. The molecule has 0 fully saturated rings. The van der Waals surface area contributed by atoms with Crippen LogP contribution in [0.2, 0.25) is 0 Å². The van der Waals surface area contributed by atoms with E-state index in [0.29, 0.717) is 13.1 Å². The largest absolute Gasteiger partial charge is 0.341 e. The van der Waals surface area contributed by atoms with Crippen molar-refractivity contribution in [3.05, 3.63) is 59.6 Å². The van der Waals surface area contributed by atoms with Crippen molar-refractivity contribution in [2.75, 3.05) is 20.6 Å². The lowest BCUT2D eigenvalue weighted by atomic mass is 10.1. The molecule has 26 heavy (non-hydrogen) atoms. The van der Waals surface area contributed by atoms with Gasteiger partial charge in [-0.25, -0.2) is 4.68 Å². The minimum atomic E-state index is -0.0562. The zero-order valence-electron chi connectivity index (χ0n) is 15.3. The molecule has 1 unspecified atom stereocenters. The fourth-order valence-corrected chi connectivity index (χ4v) is 3.71. The average molecular weight is 369 g/mol. The third-order valence-corrected chi connectivity index (χ3v) is 5.16. The van der Waals surface area contributed by atoms with Crippen LogP contribution in [-0.2, 0) is 11.3 Å². The average Bonchev–Trinajstić information content (AvgIpc) is 3.31.